The Hall–Kier alpha value is -2.54. The zero-order chi connectivity index (χ0) is 14.5. The number of aromatic nitrogens is 2. The van der Waals surface area contributed by atoms with Crippen molar-refractivity contribution in [1.82, 2.24) is 9.59 Å². The number of hydrogen-bond acceptors (Lipinski definition) is 5. The number of amides is 1. The van der Waals surface area contributed by atoms with Crippen molar-refractivity contribution in [2.45, 2.75) is 6.92 Å². The highest BCUT2D eigenvalue weighted by atomic mass is 32.1. The van der Waals surface area contributed by atoms with Gasteiger partial charge >= 0.3 is 5.97 Å². The number of aryl methyl sites for hydroxylation is 1. The number of carbonyl (C=O) groups excluding carboxylic acids is 1. The molecule has 1 amide bonds. The number of anilines is 1. The molecule has 1 heterocycles. The Kier molecular flexibility index (Phi) is 4.21. The summed E-state index contributed by atoms with van der Waals surface area (Å²) < 4.78 is 3.62. The third kappa shape index (κ3) is 3.48. The smallest absolute Gasteiger partial charge is 0.328 e. The molecule has 1 aromatic carbocycles. The van der Waals surface area contributed by atoms with Crippen molar-refractivity contribution in [1.29, 1.82) is 0 Å². The van der Waals surface area contributed by atoms with Gasteiger partial charge in [0.1, 0.15) is 0 Å². The molecule has 6 nitrogen and oxygen atoms in total. The van der Waals surface area contributed by atoms with Crippen molar-refractivity contribution in [2.24, 2.45) is 0 Å². The van der Waals surface area contributed by atoms with Gasteiger partial charge < -0.3 is 10.4 Å². The number of carboxylic acid groups (broad SMARTS) is 1. The Morgan fingerprint density at radius 2 is 2.20 bits per heavy atom. The molecule has 0 spiro atoms. The van der Waals surface area contributed by atoms with Crippen molar-refractivity contribution in [3.05, 3.63) is 46.5 Å². The van der Waals surface area contributed by atoms with Crippen LogP contribution >= 0.6 is 11.5 Å². The van der Waals surface area contributed by atoms with Crippen LogP contribution in [0, 0.1) is 6.92 Å². The summed E-state index contributed by atoms with van der Waals surface area (Å²) in [6.45, 7) is 1.83. The zero-order valence-electron chi connectivity index (χ0n) is 10.5. The van der Waals surface area contributed by atoms with Gasteiger partial charge in [0.2, 0.25) is 0 Å². The lowest BCUT2D eigenvalue weighted by Crippen LogP contribution is -2.12. The summed E-state index contributed by atoms with van der Waals surface area (Å²) in [7, 11) is 0. The number of nitrogens with zero attached hydrogens (tertiary/aromatic N) is 2. The van der Waals surface area contributed by atoms with E-state index in [1.807, 2.05) is 6.92 Å². The van der Waals surface area contributed by atoms with Gasteiger partial charge in [0.15, 0.2) is 5.69 Å². The number of carboxylic acids is 1. The monoisotopic (exact) mass is 289 g/mol. The van der Waals surface area contributed by atoms with Crippen LogP contribution < -0.4 is 5.32 Å². The van der Waals surface area contributed by atoms with E-state index in [0.717, 1.165) is 28.7 Å². The van der Waals surface area contributed by atoms with Crippen LogP contribution in [0.1, 0.15) is 21.6 Å². The molecule has 0 saturated heterocycles. The summed E-state index contributed by atoms with van der Waals surface area (Å²) in [5, 5.41) is 16.5. The molecule has 0 aliphatic heterocycles. The molecular weight excluding hydrogens is 278 g/mol. The summed E-state index contributed by atoms with van der Waals surface area (Å²) in [4.78, 5) is 22.3. The number of carbonyl (C=O) groups is 2. The molecule has 0 aliphatic carbocycles. The average Bonchev–Trinajstić information content (AvgIpc) is 2.91. The van der Waals surface area contributed by atoms with Crippen LogP contribution in [-0.4, -0.2) is 26.6 Å². The van der Waals surface area contributed by atoms with E-state index < -0.39 is 5.97 Å². The molecule has 20 heavy (non-hydrogen) atoms. The number of aliphatic carboxylic acids is 1. The Balaban J connectivity index is 2.13. The molecule has 0 bridgehead atoms. The van der Waals surface area contributed by atoms with Crippen LogP contribution in [-0.2, 0) is 4.79 Å². The molecule has 2 N–H and O–H groups in total. The van der Waals surface area contributed by atoms with Crippen LogP contribution in [0.25, 0.3) is 6.08 Å². The SMILES string of the molecule is Cc1cc(NC(=O)c2csnn2)ccc1C=CC(=O)O. The van der Waals surface area contributed by atoms with E-state index in [4.69, 9.17) is 5.11 Å². The summed E-state index contributed by atoms with van der Waals surface area (Å²) in [6, 6.07) is 5.20. The molecule has 7 heteroatoms. The van der Waals surface area contributed by atoms with E-state index in [0.29, 0.717) is 5.69 Å². The van der Waals surface area contributed by atoms with Gasteiger partial charge in [0.25, 0.3) is 5.91 Å². The van der Waals surface area contributed by atoms with E-state index in [9.17, 15) is 9.59 Å². The summed E-state index contributed by atoms with van der Waals surface area (Å²) >= 11 is 1.11. The Bertz CT molecular complexity index is 666. The standard InChI is InChI=1S/C13H11N3O3S/c1-8-6-10(4-2-9(8)3-5-12(17)18)14-13(19)11-7-20-16-15-11/h2-7H,1H3,(H,14,19)(H,17,18). The average molecular weight is 289 g/mol. The fourth-order valence-electron chi connectivity index (χ4n) is 1.56. The summed E-state index contributed by atoms with van der Waals surface area (Å²) in [6.07, 6.45) is 2.58. The normalized spacial score (nSPS) is 10.7. The van der Waals surface area contributed by atoms with Gasteiger partial charge in [0.05, 0.1) is 0 Å². The molecule has 0 saturated carbocycles. The maximum atomic E-state index is 11.8. The molecule has 0 fully saturated rings. The van der Waals surface area contributed by atoms with E-state index >= 15 is 0 Å². The second-order valence-electron chi connectivity index (χ2n) is 3.99. The van der Waals surface area contributed by atoms with Gasteiger partial charge in [0, 0.05) is 17.1 Å². The van der Waals surface area contributed by atoms with Gasteiger partial charge in [-0.1, -0.05) is 10.6 Å². The largest absolute Gasteiger partial charge is 0.478 e. The van der Waals surface area contributed by atoms with Gasteiger partial charge in [-0.15, -0.1) is 5.10 Å². The van der Waals surface area contributed by atoms with Gasteiger partial charge in [-0.05, 0) is 47.8 Å². The minimum Gasteiger partial charge on any atom is -0.478 e. The van der Waals surface area contributed by atoms with Gasteiger partial charge in [-0.2, -0.15) is 0 Å². The first-order chi connectivity index (χ1) is 9.56. The fourth-order valence-corrected chi connectivity index (χ4v) is 2.00. The minimum absolute atomic E-state index is 0.266. The molecule has 2 rings (SSSR count). The van der Waals surface area contributed by atoms with Crippen LogP contribution in [0.2, 0.25) is 0 Å². The maximum Gasteiger partial charge on any atom is 0.328 e. The fraction of sp³-hybridized carbons (Fsp3) is 0.0769. The van der Waals surface area contributed by atoms with E-state index in [2.05, 4.69) is 14.9 Å². The van der Waals surface area contributed by atoms with E-state index in [1.54, 1.807) is 23.6 Å². The molecule has 2 aromatic rings. The summed E-state index contributed by atoms with van der Waals surface area (Å²) in [5.41, 5.74) is 2.52. The highest BCUT2D eigenvalue weighted by Crippen LogP contribution is 2.17. The van der Waals surface area contributed by atoms with Crippen LogP contribution in [0.5, 0.6) is 0 Å². The summed E-state index contributed by atoms with van der Waals surface area (Å²) in [5.74, 6) is -1.33. The topological polar surface area (TPSA) is 92.2 Å². The van der Waals surface area contributed by atoms with Crippen molar-refractivity contribution in [3.8, 4) is 0 Å². The second kappa shape index (κ2) is 6.07. The first kappa shape index (κ1) is 13.9. The lowest BCUT2D eigenvalue weighted by atomic mass is 10.1. The molecule has 0 unspecified atom stereocenters. The van der Waals surface area contributed by atoms with Crippen LogP contribution in [0.4, 0.5) is 5.69 Å². The highest BCUT2D eigenvalue weighted by Gasteiger charge is 2.09. The molecular formula is C13H11N3O3S. The zero-order valence-corrected chi connectivity index (χ0v) is 11.3. The Morgan fingerprint density at radius 3 is 2.80 bits per heavy atom. The third-order valence-corrected chi connectivity index (χ3v) is 3.03. The van der Waals surface area contributed by atoms with Gasteiger partial charge in [-0.25, -0.2) is 4.79 Å². The number of hydrogen-bond donors (Lipinski definition) is 2. The number of nitrogens with one attached hydrogen (secondary N) is 1. The lowest BCUT2D eigenvalue weighted by Gasteiger charge is -2.06. The van der Waals surface area contributed by atoms with Gasteiger partial charge in [-0.3, -0.25) is 4.79 Å². The van der Waals surface area contributed by atoms with E-state index in [-0.39, 0.29) is 11.6 Å². The first-order valence-electron chi connectivity index (χ1n) is 5.66. The van der Waals surface area contributed by atoms with Crippen molar-refractivity contribution in [3.63, 3.8) is 0 Å². The van der Waals surface area contributed by atoms with Crippen LogP contribution in [0.15, 0.2) is 29.7 Å². The quantitative estimate of drug-likeness (QED) is 0.842. The second-order valence-corrected chi connectivity index (χ2v) is 4.60. The first-order valence-corrected chi connectivity index (χ1v) is 6.50. The van der Waals surface area contributed by atoms with E-state index in [1.165, 1.54) is 6.08 Å². The Labute approximate surface area is 118 Å². The lowest BCUT2D eigenvalue weighted by molar-refractivity contribution is -0.131. The predicted molar refractivity (Wildman–Crippen MR) is 75.7 cm³/mol. The number of benzene rings is 1. The highest BCUT2D eigenvalue weighted by molar-refractivity contribution is 7.03. The van der Waals surface area contributed by atoms with Crippen LogP contribution in [0.3, 0.4) is 0 Å². The third-order valence-electron chi connectivity index (χ3n) is 2.53. The Morgan fingerprint density at radius 1 is 1.40 bits per heavy atom. The molecule has 1 aromatic heterocycles. The molecule has 0 aliphatic rings. The van der Waals surface area contributed by atoms with Crippen molar-refractivity contribution < 1.29 is 14.7 Å². The predicted octanol–water partition coefficient (Wildman–Crippen LogP) is 2.20. The molecule has 0 radical (unpaired) electrons. The number of rotatable bonds is 4. The maximum absolute atomic E-state index is 11.8. The van der Waals surface area contributed by atoms with Crippen molar-refractivity contribution in [2.75, 3.05) is 5.32 Å². The van der Waals surface area contributed by atoms with Crippen molar-refractivity contribution >= 4 is 35.2 Å². The molecule has 0 atom stereocenters. The minimum atomic E-state index is -1.00. The molecule has 102 valence electrons.